The zero-order valence-corrected chi connectivity index (χ0v) is 15.9. The van der Waals surface area contributed by atoms with Crippen LogP contribution >= 0.6 is 0 Å². The number of aromatic nitrogens is 3. The minimum Gasteiger partial charge on any atom is -0.336 e. The van der Waals surface area contributed by atoms with Gasteiger partial charge in [0.15, 0.2) is 5.65 Å². The lowest BCUT2D eigenvalue weighted by Gasteiger charge is -2.31. The van der Waals surface area contributed by atoms with Crippen molar-refractivity contribution in [1.29, 1.82) is 0 Å². The molecule has 1 atom stereocenters. The second-order valence-corrected chi connectivity index (χ2v) is 7.02. The number of benzene rings is 1. The van der Waals surface area contributed by atoms with Crippen molar-refractivity contribution in [3.63, 3.8) is 0 Å². The minimum atomic E-state index is -0.124. The summed E-state index contributed by atoms with van der Waals surface area (Å²) >= 11 is 0. The first-order chi connectivity index (χ1) is 13.7. The quantitative estimate of drug-likeness (QED) is 0.700. The molecule has 2 amide bonds. The van der Waals surface area contributed by atoms with Crippen molar-refractivity contribution < 1.29 is 9.59 Å². The number of hydrogen-bond donors (Lipinski definition) is 0. The number of fused-ring (bicyclic) bond motifs is 1. The lowest BCUT2D eigenvalue weighted by Crippen LogP contribution is -2.43. The summed E-state index contributed by atoms with van der Waals surface area (Å²) in [4.78, 5) is 33.9. The number of rotatable bonds is 4. The molecule has 0 saturated carbocycles. The number of carbonyl (C=O) groups is 2. The fraction of sp³-hybridized carbons (Fsp3) is 0.333. The van der Waals surface area contributed by atoms with E-state index in [0.29, 0.717) is 37.3 Å². The Balaban J connectivity index is 1.57. The number of hydrogen-bond acceptors (Lipinski definition) is 4. The standard InChI is InChI=1S/C21H23N5O2/c1-2-17-15-24(21(28)18-13-23-26-11-6-10-22-20(18)26)12-9-19(27)25(17)14-16-7-4-3-5-8-16/h3-8,10-11,13,17H,2,9,12,14-15H2,1H3/t17-/m0/s1. The van der Waals surface area contributed by atoms with Crippen LogP contribution in [0.25, 0.3) is 5.65 Å². The van der Waals surface area contributed by atoms with Gasteiger partial charge in [0, 0.05) is 44.5 Å². The molecule has 0 N–H and O–H groups in total. The Hall–Kier alpha value is -3.22. The van der Waals surface area contributed by atoms with Gasteiger partial charge in [-0.05, 0) is 18.1 Å². The van der Waals surface area contributed by atoms with Gasteiger partial charge < -0.3 is 9.80 Å². The molecule has 2 aromatic heterocycles. The zero-order chi connectivity index (χ0) is 19.5. The Labute approximate surface area is 163 Å². The van der Waals surface area contributed by atoms with E-state index in [1.165, 1.54) is 0 Å². The summed E-state index contributed by atoms with van der Waals surface area (Å²) in [7, 11) is 0. The van der Waals surface area contributed by atoms with E-state index < -0.39 is 0 Å². The molecule has 1 fully saturated rings. The third-order valence-corrected chi connectivity index (χ3v) is 5.25. The predicted molar refractivity (Wildman–Crippen MR) is 105 cm³/mol. The molecule has 0 bridgehead atoms. The fourth-order valence-corrected chi connectivity index (χ4v) is 3.70. The van der Waals surface area contributed by atoms with Gasteiger partial charge in [0.1, 0.15) is 5.56 Å². The van der Waals surface area contributed by atoms with Crippen LogP contribution in [-0.2, 0) is 11.3 Å². The van der Waals surface area contributed by atoms with Crippen LogP contribution in [0.5, 0.6) is 0 Å². The molecule has 28 heavy (non-hydrogen) atoms. The Morgan fingerprint density at radius 2 is 2.04 bits per heavy atom. The van der Waals surface area contributed by atoms with E-state index >= 15 is 0 Å². The lowest BCUT2D eigenvalue weighted by molar-refractivity contribution is -0.133. The van der Waals surface area contributed by atoms with E-state index in [-0.39, 0.29) is 17.9 Å². The summed E-state index contributed by atoms with van der Waals surface area (Å²) in [6, 6.07) is 11.7. The largest absolute Gasteiger partial charge is 0.336 e. The molecule has 1 aromatic carbocycles. The molecular weight excluding hydrogens is 354 g/mol. The Morgan fingerprint density at radius 3 is 2.82 bits per heavy atom. The molecule has 7 heteroatoms. The first kappa shape index (κ1) is 18.2. The zero-order valence-electron chi connectivity index (χ0n) is 15.9. The highest BCUT2D eigenvalue weighted by molar-refractivity contribution is 6.00. The summed E-state index contributed by atoms with van der Waals surface area (Å²) in [6.45, 7) is 3.54. The summed E-state index contributed by atoms with van der Waals surface area (Å²) < 4.78 is 1.59. The maximum Gasteiger partial charge on any atom is 0.259 e. The Kier molecular flexibility index (Phi) is 5.06. The highest BCUT2D eigenvalue weighted by atomic mass is 16.2. The maximum atomic E-state index is 13.2. The third-order valence-electron chi connectivity index (χ3n) is 5.25. The van der Waals surface area contributed by atoms with Crippen molar-refractivity contribution >= 4 is 17.5 Å². The van der Waals surface area contributed by atoms with Crippen molar-refractivity contribution in [2.45, 2.75) is 32.4 Å². The van der Waals surface area contributed by atoms with E-state index in [4.69, 9.17) is 0 Å². The number of nitrogens with zero attached hydrogens (tertiary/aromatic N) is 5. The number of carbonyl (C=O) groups excluding carboxylic acids is 2. The predicted octanol–water partition coefficient (Wildman–Crippen LogP) is 2.38. The van der Waals surface area contributed by atoms with E-state index in [1.54, 1.807) is 34.1 Å². The summed E-state index contributed by atoms with van der Waals surface area (Å²) in [6.07, 6.45) is 6.08. The van der Waals surface area contributed by atoms with Gasteiger partial charge in [-0.3, -0.25) is 9.59 Å². The average molecular weight is 377 g/mol. The summed E-state index contributed by atoms with van der Waals surface area (Å²) in [5.41, 5.74) is 2.11. The topological polar surface area (TPSA) is 70.8 Å². The van der Waals surface area contributed by atoms with Gasteiger partial charge in [-0.2, -0.15) is 5.10 Å². The molecule has 1 aliphatic heterocycles. The van der Waals surface area contributed by atoms with E-state index in [1.807, 2.05) is 35.2 Å². The van der Waals surface area contributed by atoms with Gasteiger partial charge in [0.05, 0.1) is 6.20 Å². The Bertz CT molecular complexity index is 985. The van der Waals surface area contributed by atoms with Gasteiger partial charge >= 0.3 is 0 Å². The van der Waals surface area contributed by atoms with E-state index in [2.05, 4.69) is 17.0 Å². The van der Waals surface area contributed by atoms with Crippen molar-refractivity contribution in [3.05, 3.63) is 66.1 Å². The molecule has 1 aliphatic rings. The van der Waals surface area contributed by atoms with Crippen LogP contribution in [0.4, 0.5) is 0 Å². The molecule has 0 unspecified atom stereocenters. The SMILES string of the molecule is CC[C@H]1CN(C(=O)c2cnn3cccnc23)CCC(=O)N1Cc1ccccc1. The first-order valence-electron chi connectivity index (χ1n) is 9.58. The molecule has 3 aromatic rings. The maximum absolute atomic E-state index is 13.2. The van der Waals surface area contributed by atoms with Crippen molar-refractivity contribution in [2.24, 2.45) is 0 Å². The monoisotopic (exact) mass is 377 g/mol. The third kappa shape index (κ3) is 3.47. The molecule has 0 radical (unpaired) electrons. The van der Waals surface area contributed by atoms with Crippen LogP contribution in [-0.4, -0.2) is 55.3 Å². The van der Waals surface area contributed by atoms with Crippen LogP contribution in [0.15, 0.2) is 55.0 Å². The molecule has 144 valence electrons. The van der Waals surface area contributed by atoms with Crippen LogP contribution in [0.1, 0.15) is 35.7 Å². The highest BCUT2D eigenvalue weighted by Crippen LogP contribution is 2.20. The van der Waals surface area contributed by atoms with Crippen LogP contribution < -0.4 is 0 Å². The second kappa shape index (κ2) is 7.80. The molecular formula is C21H23N5O2. The average Bonchev–Trinajstić information content (AvgIpc) is 3.10. The van der Waals surface area contributed by atoms with Gasteiger partial charge in [-0.25, -0.2) is 9.50 Å². The number of amides is 2. The van der Waals surface area contributed by atoms with Crippen LogP contribution in [0, 0.1) is 0 Å². The van der Waals surface area contributed by atoms with Crippen LogP contribution in [0.2, 0.25) is 0 Å². The van der Waals surface area contributed by atoms with Gasteiger partial charge in [-0.15, -0.1) is 0 Å². The van der Waals surface area contributed by atoms with E-state index in [9.17, 15) is 9.59 Å². The molecule has 3 heterocycles. The lowest BCUT2D eigenvalue weighted by atomic mass is 10.1. The molecule has 7 nitrogen and oxygen atoms in total. The van der Waals surface area contributed by atoms with Crippen LogP contribution in [0.3, 0.4) is 0 Å². The normalized spacial score (nSPS) is 17.8. The molecule has 4 rings (SSSR count). The van der Waals surface area contributed by atoms with Gasteiger partial charge in [0.2, 0.25) is 5.91 Å². The first-order valence-corrected chi connectivity index (χ1v) is 9.58. The molecule has 0 aliphatic carbocycles. The van der Waals surface area contributed by atoms with E-state index in [0.717, 1.165) is 12.0 Å². The van der Waals surface area contributed by atoms with Crippen molar-refractivity contribution in [3.8, 4) is 0 Å². The van der Waals surface area contributed by atoms with Crippen molar-refractivity contribution in [2.75, 3.05) is 13.1 Å². The molecule has 0 spiro atoms. The minimum absolute atomic E-state index is 0.0195. The van der Waals surface area contributed by atoms with Crippen molar-refractivity contribution in [1.82, 2.24) is 24.4 Å². The Morgan fingerprint density at radius 1 is 1.21 bits per heavy atom. The fourth-order valence-electron chi connectivity index (χ4n) is 3.70. The van der Waals surface area contributed by atoms with Gasteiger partial charge in [0.25, 0.3) is 5.91 Å². The van der Waals surface area contributed by atoms with Gasteiger partial charge in [-0.1, -0.05) is 37.3 Å². The highest BCUT2D eigenvalue weighted by Gasteiger charge is 2.32. The summed E-state index contributed by atoms with van der Waals surface area (Å²) in [5.74, 6) is -0.0366. The smallest absolute Gasteiger partial charge is 0.259 e. The second-order valence-electron chi connectivity index (χ2n) is 7.02. The molecule has 1 saturated heterocycles. The summed E-state index contributed by atoms with van der Waals surface area (Å²) in [5, 5.41) is 4.21.